The van der Waals surface area contributed by atoms with Crippen molar-refractivity contribution in [1.82, 2.24) is 0 Å². The van der Waals surface area contributed by atoms with Gasteiger partial charge in [-0.05, 0) is 38.1 Å². The van der Waals surface area contributed by atoms with Crippen LogP contribution in [0.1, 0.15) is 55.6 Å². The second-order valence-electron chi connectivity index (χ2n) is 8.72. The third-order valence-electron chi connectivity index (χ3n) is 5.35. The SMILES string of the molecule is COc1ccc2c(c1CCOC(C)=O)OC(C)(C)CC2=O.COc1cccc(O)c1CCOC(C)=O. The number of carbonyl (C=O) groups excluding carboxylic acids is 3. The van der Waals surface area contributed by atoms with Crippen molar-refractivity contribution in [2.24, 2.45) is 0 Å². The molecule has 0 bridgehead atoms. The van der Waals surface area contributed by atoms with Gasteiger partial charge in [-0.3, -0.25) is 14.4 Å². The molecule has 9 heteroatoms. The van der Waals surface area contributed by atoms with Crippen LogP contribution in [-0.2, 0) is 31.9 Å². The molecule has 9 nitrogen and oxygen atoms in total. The number of benzene rings is 2. The van der Waals surface area contributed by atoms with E-state index in [1.54, 1.807) is 37.4 Å². The van der Waals surface area contributed by atoms with Crippen molar-refractivity contribution in [3.63, 3.8) is 0 Å². The molecule has 0 saturated heterocycles. The molecule has 196 valence electrons. The number of hydrogen-bond acceptors (Lipinski definition) is 9. The third kappa shape index (κ3) is 7.90. The fourth-order valence-electron chi connectivity index (χ4n) is 3.76. The number of hydrogen-bond donors (Lipinski definition) is 1. The molecular weight excluding hydrogens is 468 g/mol. The zero-order valence-corrected chi connectivity index (χ0v) is 21.6. The summed E-state index contributed by atoms with van der Waals surface area (Å²) in [6, 6.07) is 8.50. The summed E-state index contributed by atoms with van der Waals surface area (Å²) in [6.45, 7) is 6.93. The molecule has 0 atom stereocenters. The molecule has 0 aromatic heterocycles. The van der Waals surface area contributed by atoms with E-state index in [-0.39, 0.29) is 36.7 Å². The average Bonchev–Trinajstić information content (AvgIpc) is 2.79. The van der Waals surface area contributed by atoms with E-state index in [2.05, 4.69) is 0 Å². The van der Waals surface area contributed by atoms with Gasteiger partial charge in [-0.15, -0.1) is 0 Å². The number of methoxy groups -OCH3 is 2. The zero-order valence-electron chi connectivity index (χ0n) is 21.6. The number of ketones is 1. The quantitative estimate of drug-likeness (QED) is 0.533. The number of rotatable bonds is 8. The second-order valence-corrected chi connectivity index (χ2v) is 8.72. The Morgan fingerprint density at radius 2 is 1.47 bits per heavy atom. The standard InChI is InChI=1S/C16H20O5.C11H14O4/c1-10(17)20-8-7-12-14(19-4)6-5-11-13(18)9-16(2,3)21-15(11)12;1-8(12)15-7-6-9-10(13)4-3-5-11(9)14-2/h5-6H,7-9H2,1-4H3;3-5,13H,6-7H2,1-2H3. The van der Waals surface area contributed by atoms with Gasteiger partial charge in [0.25, 0.3) is 0 Å². The van der Waals surface area contributed by atoms with E-state index >= 15 is 0 Å². The molecule has 0 radical (unpaired) electrons. The summed E-state index contributed by atoms with van der Waals surface area (Å²) in [4.78, 5) is 33.7. The molecule has 36 heavy (non-hydrogen) atoms. The number of esters is 2. The smallest absolute Gasteiger partial charge is 0.302 e. The number of phenols is 1. The summed E-state index contributed by atoms with van der Waals surface area (Å²) in [5.74, 6) is 1.32. The second kappa shape index (κ2) is 12.8. The van der Waals surface area contributed by atoms with Crippen molar-refractivity contribution >= 4 is 17.7 Å². The van der Waals surface area contributed by atoms with Crippen LogP contribution in [0.4, 0.5) is 0 Å². The molecule has 2 aromatic rings. The van der Waals surface area contributed by atoms with Gasteiger partial charge in [-0.2, -0.15) is 0 Å². The Hall–Kier alpha value is -3.75. The summed E-state index contributed by atoms with van der Waals surface area (Å²) in [7, 11) is 3.09. The first-order chi connectivity index (χ1) is 17.0. The van der Waals surface area contributed by atoms with Crippen molar-refractivity contribution < 1.29 is 43.2 Å². The highest BCUT2D eigenvalue weighted by Crippen LogP contribution is 2.40. The molecule has 1 heterocycles. The Morgan fingerprint density at radius 3 is 2.03 bits per heavy atom. The highest BCUT2D eigenvalue weighted by atomic mass is 16.5. The van der Waals surface area contributed by atoms with Gasteiger partial charge in [0.15, 0.2) is 5.78 Å². The first-order valence-electron chi connectivity index (χ1n) is 11.5. The van der Waals surface area contributed by atoms with Crippen molar-refractivity contribution in [1.29, 1.82) is 0 Å². The van der Waals surface area contributed by atoms with Crippen LogP contribution in [-0.4, -0.2) is 55.9 Å². The molecule has 0 amide bonds. The van der Waals surface area contributed by atoms with E-state index in [0.29, 0.717) is 47.6 Å². The predicted octanol–water partition coefficient (Wildman–Crippen LogP) is 4.05. The van der Waals surface area contributed by atoms with Gasteiger partial charge in [0.1, 0.15) is 28.6 Å². The van der Waals surface area contributed by atoms with E-state index in [9.17, 15) is 19.5 Å². The maximum absolute atomic E-state index is 12.2. The minimum Gasteiger partial charge on any atom is -0.508 e. The number of fused-ring (bicyclic) bond motifs is 1. The molecule has 0 aliphatic carbocycles. The maximum Gasteiger partial charge on any atom is 0.302 e. The molecule has 2 aromatic carbocycles. The molecule has 1 aliphatic rings. The molecule has 0 saturated carbocycles. The molecule has 1 N–H and O–H groups in total. The molecule has 3 rings (SSSR count). The normalized spacial score (nSPS) is 13.3. The van der Waals surface area contributed by atoms with E-state index in [4.69, 9.17) is 23.7 Å². The summed E-state index contributed by atoms with van der Waals surface area (Å²) in [5.41, 5.74) is 1.43. The van der Waals surface area contributed by atoms with E-state index in [1.165, 1.54) is 21.0 Å². The summed E-state index contributed by atoms with van der Waals surface area (Å²) < 4.78 is 26.2. The lowest BCUT2D eigenvalue weighted by atomic mass is 9.90. The number of ether oxygens (including phenoxy) is 5. The van der Waals surface area contributed by atoms with Crippen LogP contribution in [0.15, 0.2) is 30.3 Å². The maximum atomic E-state index is 12.2. The lowest BCUT2D eigenvalue weighted by Gasteiger charge is -2.33. The Balaban J connectivity index is 0.000000269. The van der Waals surface area contributed by atoms with Gasteiger partial charge in [-0.1, -0.05) is 6.07 Å². The van der Waals surface area contributed by atoms with Crippen LogP contribution in [0.25, 0.3) is 0 Å². The van der Waals surface area contributed by atoms with Gasteiger partial charge in [0.2, 0.25) is 0 Å². The van der Waals surface area contributed by atoms with Gasteiger partial charge < -0.3 is 28.8 Å². The Kier molecular flexibility index (Phi) is 10.1. The number of Topliss-reactive ketones (excluding diaryl/α,β-unsaturated/α-hetero) is 1. The minimum absolute atomic E-state index is 0.0534. The van der Waals surface area contributed by atoms with Crippen molar-refractivity contribution in [3.05, 3.63) is 47.0 Å². The highest BCUT2D eigenvalue weighted by Gasteiger charge is 2.34. The largest absolute Gasteiger partial charge is 0.508 e. The molecule has 0 spiro atoms. The van der Waals surface area contributed by atoms with Gasteiger partial charge in [0, 0.05) is 37.8 Å². The summed E-state index contributed by atoms with van der Waals surface area (Å²) >= 11 is 0. The lowest BCUT2D eigenvalue weighted by molar-refractivity contribution is -0.141. The molecule has 1 aliphatic heterocycles. The minimum atomic E-state index is -0.549. The number of carbonyl (C=O) groups is 3. The summed E-state index contributed by atoms with van der Waals surface area (Å²) in [5, 5.41) is 9.57. The zero-order chi connectivity index (χ0) is 26.9. The van der Waals surface area contributed by atoms with Gasteiger partial charge in [0.05, 0.1) is 39.4 Å². The van der Waals surface area contributed by atoms with Crippen LogP contribution in [0.2, 0.25) is 0 Å². The van der Waals surface area contributed by atoms with Crippen LogP contribution >= 0.6 is 0 Å². The Morgan fingerprint density at radius 1 is 0.917 bits per heavy atom. The van der Waals surface area contributed by atoms with Crippen molar-refractivity contribution in [2.45, 2.75) is 52.6 Å². The highest BCUT2D eigenvalue weighted by molar-refractivity contribution is 6.01. The van der Waals surface area contributed by atoms with Crippen LogP contribution in [0.5, 0.6) is 23.0 Å². The molecule has 0 fully saturated rings. The molecular formula is C27H34O9. The summed E-state index contributed by atoms with van der Waals surface area (Å²) in [6.07, 6.45) is 1.22. The number of phenolic OH excluding ortho intramolecular Hbond substituents is 1. The van der Waals surface area contributed by atoms with Crippen LogP contribution in [0.3, 0.4) is 0 Å². The van der Waals surface area contributed by atoms with Gasteiger partial charge in [-0.25, -0.2) is 0 Å². The molecule has 0 unspecified atom stereocenters. The van der Waals surface area contributed by atoms with E-state index in [1.807, 2.05) is 13.8 Å². The van der Waals surface area contributed by atoms with Crippen molar-refractivity contribution in [2.75, 3.05) is 27.4 Å². The average molecular weight is 503 g/mol. The van der Waals surface area contributed by atoms with Crippen LogP contribution < -0.4 is 14.2 Å². The van der Waals surface area contributed by atoms with Crippen LogP contribution in [0, 0.1) is 0 Å². The van der Waals surface area contributed by atoms with Crippen molar-refractivity contribution in [3.8, 4) is 23.0 Å². The topological polar surface area (TPSA) is 118 Å². The Bertz CT molecular complexity index is 1090. The number of aromatic hydroxyl groups is 1. The monoisotopic (exact) mass is 502 g/mol. The van der Waals surface area contributed by atoms with E-state index < -0.39 is 5.60 Å². The van der Waals surface area contributed by atoms with Gasteiger partial charge >= 0.3 is 11.9 Å². The van der Waals surface area contributed by atoms with E-state index in [0.717, 1.165) is 5.56 Å². The fraction of sp³-hybridized carbons (Fsp3) is 0.444. The first kappa shape index (κ1) is 28.5. The third-order valence-corrected chi connectivity index (χ3v) is 5.35. The Labute approximate surface area is 211 Å². The first-order valence-corrected chi connectivity index (χ1v) is 11.5. The lowest BCUT2D eigenvalue weighted by Crippen LogP contribution is -2.36. The fourth-order valence-corrected chi connectivity index (χ4v) is 3.76. The predicted molar refractivity (Wildman–Crippen MR) is 132 cm³/mol.